The molecule has 23 heteroatoms. The molecule has 0 saturated carbocycles. The van der Waals surface area contributed by atoms with Crippen molar-refractivity contribution >= 4 is 77.3 Å². The zero-order valence-corrected chi connectivity index (χ0v) is 43.5. The SMILES string of the molecule is CC(=O)N(O)CCCCCNC(=O)CCC=O.CN(O)CCCCCNC(=O)CCC(=O)N(O)CCCCCNC(=O)C(C=O)(CCCCCNC=S)CCCN(C)O.CNc1ccc(SC#N)cc1. The number of nitriles is 1. The highest BCUT2D eigenvalue weighted by Gasteiger charge is 2.37. The van der Waals surface area contributed by atoms with E-state index in [1.165, 1.54) is 31.2 Å². The Bertz CT molecular complexity index is 1640. The van der Waals surface area contributed by atoms with E-state index in [1.807, 2.05) is 36.7 Å². The van der Waals surface area contributed by atoms with Crippen LogP contribution in [0.3, 0.4) is 0 Å². The average Bonchev–Trinajstić information content (AvgIpc) is 3.34. The van der Waals surface area contributed by atoms with Crippen LogP contribution in [0.2, 0.25) is 0 Å². The van der Waals surface area contributed by atoms with E-state index in [-0.39, 0.29) is 55.9 Å². The zero-order valence-electron chi connectivity index (χ0n) is 41.8. The van der Waals surface area contributed by atoms with E-state index in [1.54, 1.807) is 7.05 Å². The Labute approximate surface area is 424 Å². The second-order valence-electron chi connectivity index (χ2n) is 16.5. The average molecular weight is 1030 g/mol. The smallest absolute Gasteiger partial charge is 0.246 e. The molecule has 0 fully saturated rings. The predicted octanol–water partition coefficient (Wildman–Crippen LogP) is 5.06. The summed E-state index contributed by atoms with van der Waals surface area (Å²) in [5, 5.41) is 65.7. The van der Waals surface area contributed by atoms with Crippen molar-refractivity contribution in [3.63, 3.8) is 0 Å². The number of nitrogens with one attached hydrogen (secondary N) is 5. The maximum absolute atomic E-state index is 13.0. The number of hydrogen-bond donors (Lipinski definition) is 9. The van der Waals surface area contributed by atoms with Crippen LogP contribution < -0.4 is 26.6 Å². The quantitative estimate of drug-likeness (QED) is 0.00608. The highest BCUT2D eigenvalue weighted by atomic mass is 32.2. The van der Waals surface area contributed by atoms with Gasteiger partial charge in [-0.05, 0) is 113 Å². The molecule has 0 aliphatic rings. The summed E-state index contributed by atoms with van der Waals surface area (Å²) in [4.78, 5) is 81.9. The fourth-order valence-electron chi connectivity index (χ4n) is 6.39. The van der Waals surface area contributed by atoms with Gasteiger partial charge in [0.1, 0.15) is 23.4 Å². The fourth-order valence-corrected chi connectivity index (χ4v) is 6.89. The lowest BCUT2D eigenvalue weighted by molar-refractivity contribution is -0.166. The van der Waals surface area contributed by atoms with Crippen molar-refractivity contribution in [3.05, 3.63) is 24.3 Å². The van der Waals surface area contributed by atoms with Gasteiger partial charge in [-0.2, -0.15) is 15.4 Å². The molecule has 0 aliphatic heterocycles. The van der Waals surface area contributed by atoms with E-state index < -0.39 is 11.3 Å². The highest BCUT2D eigenvalue weighted by Crippen LogP contribution is 2.29. The van der Waals surface area contributed by atoms with Gasteiger partial charge in [0.05, 0.1) is 5.49 Å². The number of benzene rings is 1. The number of hydroxylamine groups is 8. The standard InChI is InChI=1S/C28H54N6O7S.C11H20N2O4.C8H8N2S/c1-32(39)20-10-4-8-18-30-25(36)13-14-26(37)34(41)22-11-5-9-19-31-27(38)28(23-35,16-12-21-33(2)40)15-6-3-7-17-29-24-42;1-10(15)13(17)8-4-2-3-7-12-11(16)6-5-9-14;1-10-7-2-4-8(5-3-7)11-6-9/h23-24,39-41H,3-22H2,1-2H3,(H,29,42)(H,30,36)(H,31,38);9,17H,2-8H2,1H3,(H,12,16);2-5,10H,1H3. The summed E-state index contributed by atoms with van der Waals surface area (Å²) in [6, 6.07) is 7.72. The van der Waals surface area contributed by atoms with Crippen molar-refractivity contribution in [1.29, 1.82) is 5.26 Å². The van der Waals surface area contributed by atoms with Gasteiger partial charge in [-0.25, -0.2) is 10.1 Å². The second-order valence-corrected chi connectivity index (χ2v) is 17.6. The number of unbranched alkanes of at least 4 members (excludes halogenated alkanes) is 8. The Balaban J connectivity index is 0. The van der Waals surface area contributed by atoms with E-state index in [0.717, 1.165) is 84.8 Å². The molecule has 9 N–H and O–H groups in total. The van der Waals surface area contributed by atoms with Crippen LogP contribution in [-0.4, -0.2) is 162 Å². The topological polar surface area (TPSA) is 297 Å². The molecule has 1 atom stereocenters. The number of thiocyanates is 1. The summed E-state index contributed by atoms with van der Waals surface area (Å²) < 4.78 is 0. The van der Waals surface area contributed by atoms with Crippen LogP contribution in [0.5, 0.6) is 0 Å². The maximum Gasteiger partial charge on any atom is 0.246 e. The van der Waals surface area contributed by atoms with Gasteiger partial charge in [0.25, 0.3) is 0 Å². The van der Waals surface area contributed by atoms with Gasteiger partial charge >= 0.3 is 0 Å². The lowest BCUT2D eigenvalue weighted by atomic mass is 9.78. The summed E-state index contributed by atoms with van der Waals surface area (Å²) in [6.07, 6.45) is 12.1. The minimum Gasteiger partial charge on any atom is -0.388 e. The maximum atomic E-state index is 13.0. The lowest BCUT2D eigenvalue weighted by Crippen LogP contribution is -2.43. The first kappa shape index (κ1) is 67.3. The van der Waals surface area contributed by atoms with Crippen molar-refractivity contribution in [2.45, 2.75) is 134 Å². The third-order valence-corrected chi connectivity index (χ3v) is 11.3. The molecule has 0 heterocycles. The molecule has 0 aromatic heterocycles. The first-order valence-electron chi connectivity index (χ1n) is 24.0. The van der Waals surface area contributed by atoms with Gasteiger partial charge in [0.15, 0.2) is 0 Å². The number of aldehydes is 2. The van der Waals surface area contributed by atoms with Crippen molar-refractivity contribution < 1.29 is 54.4 Å². The summed E-state index contributed by atoms with van der Waals surface area (Å²) in [5.41, 5.74) is 1.38. The molecule has 0 saturated heterocycles. The number of thioether (sulfide) groups is 1. The molecule has 0 radical (unpaired) electrons. The number of nitrogens with zero attached hydrogens (tertiary/aromatic N) is 5. The monoisotopic (exact) mass is 1030 g/mol. The van der Waals surface area contributed by atoms with Gasteiger partial charge in [0.2, 0.25) is 29.5 Å². The molecule has 1 rings (SSSR count). The summed E-state index contributed by atoms with van der Waals surface area (Å²) in [6.45, 7) is 4.84. The van der Waals surface area contributed by atoms with Crippen molar-refractivity contribution in [3.8, 4) is 5.40 Å². The minimum absolute atomic E-state index is 0.00158. The Morgan fingerprint density at radius 2 is 1.17 bits per heavy atom. The zero-order chi connectivity index (χ0) is 52.8. The molecule has 5 amide bonds. The fraction of sp³-hybridized carbons (Fsp3) is 0.681. The van der Waals surface area contributed by atoms with Gasteiger partial charge in [-0.3, -0.25) is 34.4 Å². The molecule has 1 aromatic rings. The number of hydrogen-bond acceptors (Lipinski definition) is 17. The van der Waals surface area contributed by atoms with Gasteiger partial charge in [0, 0.05) is 117 Å². The van der Waals surface area contributed by atoms with E-state index >= 15 is 0 Å². The third kappa shape index (κ3) is 39.0. The van der Waals surface area contributed by atoms with Crippen molar-refractivity contribution in [1.82, 2.24) is 41.5 Å². The first-order chi connectivity index (χ1) is 33.5. The van der Waals surface area contributed by atoms with Gasteiger partial charge in [-0.1, -0.05) is 31.5 Å². The molecule has 1 aromatic carbocycles. The van der Waals surface area contributed by atoms with E-state index in [2.05, 4.69) is 26.6 Å². The Hall–Kier alpha value is -4.80. The predicted molar refractivity (Wildman–Crippen MR) is 272 cm³/mol. The molecule has 0 aliphatic carbocycles. The number of carbonyl (C=O) groups is 7. The van der Waals surface area contributed by atoms with Crippen LogP contribution in [0.1, 0.15) is 129 Å². The normalized spacial score (nSPS) is 11.3. The summed E-state index contributed by atoms with van der Waals surface area (Å²) in [7, 11) is 4.97. The number of carbonyl (C=O) groups excluding carboxylic acids is 7. The van der Waals surface area contributed by atoms with Crippen LogP contribution in [0.15, 0.2) is 29.2 Å². The van der Waals surface area contributed by atoms with Crippen LogP contribution >= 0.6 is 24.0 Å². The minimum atomic E-state index is -1.15. The number of rotatable bonds is 39. The number of thiocarbonyl (C=S) groups is 1. The van der Waals surface area contributed by atoms with E-state index in [4.69, 9.17) is 27.9 Å². The molecule has 0 spiro atoms. The summed E-state index contributed by atoms with van der Waals surface area (Å²) >= 11 is 5.91. The molecule has 1 unspecified atom stereocenters. The molecule has 21 nitrogen and oxygen atoms in total. The third-order valence-electron chi connectivity index (χ3n) is 10.5. The van der Waals surface area contributed by atoms with Crippen LogP contribution in [0, 0.1) is 16.1 Å². The molecular weight excluding hydrogens is 945 g/mol. The van der Waals surface area contributed by atoms with E-state index in [9.17, 15) is 44.0 Å². The first-order valence-corrected chi connectivity index (χ1v) is 25.3. The lowest BCUT2D eigenvalue weighted by Gasteiger charge is -2.27. The highest BCUT2D eigenvalue weighted by molar-refractivity contribution is 8.03. The number of amides is 5. The van der Waals surface area contributed by atoms with Crippen LogP contribution in [-0.2, 0) is 33.6 Å². The van der Waals surface area contributed by atoms with Crippen LogP contribution in [0.4, 0.5) is 5.69 Å². The van der Waals surface area contributed by atoms with Crippen molar-refractivity contribution in [2.75, 3.05) is 78.8 Å². The second kappa shape index (κ2) is 45.3. The Morgan fingerprint density at radius 1 is 0.671 bits per heavy atom. The Kier molecular flexibility index (Phi) is 43.6. The largest absolute Gasteiger partial charge is 0.388 e. The van der Waals surface area contributed by atoms with Gasteiger partial charge in [-0.15, -0.1) is 0 Å². The Morgan fingerprint density at radius 3 is 1.69 bits per heavy atom. The number of anilines is 1. The summed E-state index contributed by atoms with van der Waals surface area (Å²) in [5.74, 6) is -1.57. The molecular formula is C47H82N10O11S2. The van der Waals surface area contributed by atoms with Gasteiger partial charge < -0.3 is 46.6 Å². The van der Waals surface area contributed by atoms with E-state index in [0.29, 0.717) is 101 Å². The molecule has 70 heavy (non-hydrogen) atoms. The van der Waals surface area contributed by atoms with Crippen molar-refractivity contribution in [2.24, 2.45) is 5.41 Å². The van der Waals surface area contributed by atoms with Crippen LogP contribution in [0.25, 0.3) is 0 Å². The molecule has 398 valence electrons. The molecule has 0 bridgehead atoms.